The van der Waals surface area contributed by atoms with Crippen LogP contribution < -0.4 is 5.02 Å². The zero-order chi connectivity index (χ0) is 33.5. The highest BCUT2D eigenvalue weighted by atomic mass is 16.6. The van der Waals surface area contributed by atoms with Gasteiger partial charge in [-0.3, -0.25) is 0 Å². The Balaban J connectivity index is 0.000000901. The van der Waals surface area contributed by atoms with Gasteiger partial charge in [-0.1, -0.05) is 141 Å². The Bertz CT molecular complexity index is 839. The van der Waals surface area contributed by atoms with E-state index < -0.39 is 13.4 Å². The normalized spacial score (nSPS) is 13.5. The molecule has 0 saturated carbocycles. The molecule has 0 aliphatic rings. The maximum absolute atomic E-state index is 11.4. The summed E-state index contributed by atoms with van der Waals surface area (Å²) < 4.78 is 6.83. The van der Waals surface area contributed by atoms with E-state index in [1.165, 1.54) is 98.7 Å². The van der Waals surface area contributed by atoms with Crippen molar-refractivity contribution in [2.24, 2.45) is 0 Å². The van der Waals surface area contributed by atoms with Crippen molar-refractivity contribution in [1.82, 2.24) is 0 Å². The molecule has 1 rings (SSSR count). The highest BCUT2D eigenvalue weighted by molar-refractivity contribution is 6.30. The summed E-state index contributed by atoms with van der Waals surface area (Å²) in [7, 11) is -2.01. The Morgan fingerprint density at radius 2 is 1.05 bits per heavy atom. The molecule has 0 aliphatic heterocycles. The van der Waals surface area contributed by atoms with Crippen molar-refractivity contribution in [3.05, 3.63) is 34.4 Å². The molecule has 0 aliphatic carbocycles. The van der Waals surface area contributed by atoms with Gasteiger partial charge >= 0.3 is 7.32 Å². The minimum atomic E-state index is -2.01. The van der Waals surface area contributed by atoms with Crippen LogP contribution in [0.2, 0.25) is 0 Å². The standard InChI is InChI=1S/C22H38BO3.C16H36N/c1-11-12-17(26-23(24)25)15-13-14-16(20(2,3)4)19(22(8,9)10)18(15)21(5,6)7;1-5-9-13-17(14-10-6-2,15-11-7-3)16-12-8-4/h13-14,17,24H,11-12H2,1-10H3;5-16H2,1-4H3/q-1;+1. The van der Waals surface area contributed by atoms with Crippen LogP contribution in [-0.2, 0) is 20.9 Å². The molecule has 0 aromatic heterocycles. The molecule has 0 heterocycles. The average Bonchev–Trinajstić information content (AvgIpc) is 2.90. The fourth-order valence-electron chi connectivity index (χ4n) is 6.44. The minimum Gasteiger partial charge on any atom is -0.832 e. The summed E-state index contributed by atoms with van der Waals surface area (Å²) in [5, 5.41) is 20.7. The average molecular weight is 604 g/mol. The summed E-state index contributed by atoms with van der Waals surface area (Å²) in [6.45, 7) is 37.2. The quantitative estimate of drug-likeness (QED) is 0.142. The summed E-state index contributed by atoms with van der Waals surface area (Å²) >= 11 is 0. The first kappa shape index (κ1) is 42.1. The lowest BCUT2D eigenvalue weighted by molar-refractivity contribution is -0.929. The zero-order valence-electron chi connectivity index (χ0n) is 31.4. The van der Waals surface area contributed by atoms with Gasteiger partial charge < -0.3 is 19.2 Å². The number of unbranched alkanes of at least 4 members (excludes halogenated alkanes) is 4. The first-order chi connectivity index (χ1) is 19.8. The molecular formula is C38H74BNO3. The molecule has 0 saturated heterocycles. The number of hydrogen-bond donors (Lipinski definition) is 1. The van der Waals surface area contributed by atoms with Crippen molar-refractivity contribution in [3.8, 4) is 0 Å². The van der Waals surface area contributed by atoms with Gasteiger partial charge in [-0.25, -0.2) is 0 Å². The zero-order valence-corrected chi connectivity index (χ0v) is 31.4. The Kier molecular flexibility index (Phi) is 19.2. The molecule has 1 aromatic carbocycles. The number of quaternary nitrogens is 1. The smallest absolute Gasteiger partial charge is 0.342 e. The maximum atomic E-state index is 11.4. The van der Waals surface area contributed by atoms with Crippen LogP contribution in [0.1, 0.15) is 189 Å². The van der Waals surface area contributed by atoms with Gasteiger partial charge in [0.05, 0.1) is 32.3 Å². The molecule has 0 amide bonds. The largest absolute Gasteiger partial charge is 0.832 e. The summed E-state index contributed by atoms with van der Waals surface area (Å²) in [6.07, 6.45) is 12.3. The number of nitrogens with zero attached hydrogens (tertiary/aromatic N) is 1. The third-order valence-corrected chi connectivity index (χ3v) is 8.67. The van der Waals surface area contributed by atoms with Crippen molar-refractivity contribution in [3.63, 3.8) is 0 Å². The van der Waals surface area contributed by atoms with Crippen molar-refractivity contribution in [2.45, 2.75) is 183 Å². The monoisotopic (exact) mass is 604 g/mol. The SMILES string of the molecule is CCCC(OB([O-])O)c1ccc(C(C)(C)C)c(C(C)(C)C)c1C(C)(C)C.CCCC[N+](CCCC)(CCCC)CCCC. The molecule has 0 bridgehead atoms. The minimum absolute atomic E-state index is 0.0142. The van der Waals surface area contributed by atoms with Crippen molar-refractivity contribution in [2.75, 3.05) is 26.2 Å². The summed E-state index contributed by atoms with van der Waals surface area (Å²) in [4.78, 5) is 0. The van der Waals surface area contributed by atoms with E-state index in [0.717, 1.165) is 12.0 Å². The van der Waals surface area contributed by atoms with Crippen LogP contribution in [0.4, 0.5) is 0 Å². The number of hydrogen-bond acceptors (Lipinski definition) is 3. The number of rotatable bonds is 17. The van der Waals surface area contributed by atoms with Gasteiger partial charge in [0.25, 0.3) is 0 Å². The number of benzene rings is 1. The van der Waals surface area contributed by atoms with E-state index in [1.807, 2.05) is 0 Å². The maximum Gasteiger partial charge on any atom is 0.342 e. The molecule has 252 valence electrons. The van der Waals surface area contributed by atoms with Crippen LogP contribution in [0, 0.1) is 0 Å². The lowest BCUT2D eigenvalue weighted by atomic mass is 9.66. The Labute approximate surface area is 270 Å². The molecule has 1 unspecified atom stereocenters. The van der Waals surface area contributed by atoms with Crippen LogP contribution in [-0.4, -0.2) is 43.0 Å². The van der Waals surface area contributed by atoms with Crippen molar-refractivity contribution in [1.29, 1.82) is 0 Å². The fourth-order valence-corrected chi connectivity index (χ4v) is 6.44. The van der Waals surface area contributed by atoms with Gasteiger partial charge in [-0.2, -0.15) is 0 Å². The first-order valence-electron chi connectivity index (χ1n) is 17.9. The van der Waals surface area contributed by atoms with Crippen LogP contribution >= 0.6 is 0 Å². The molecule has 5 heteroatoms. The topological polar surface area (TPSA) is 52.5 Å². The Morgan fingerprint density at radius 3 is 1.33 bits per heavy atom. The van der Waals surface area contributed by atoms with Crippen LogP contribution in [0.5, 0.6) is 0 Å². The molecule has 1 atom stereocenters. The summed E-state index contributed by atoms with van der Waals surface area (Å²) in [5.74, 6) is 0. The second-order valence-electron chi connectivity index (χ2n) is 16.1. The third kappa shape index (κ3) is 14.8. The van der Waals surface area contributed by atoms with Crippen LogP contribution in [0.3, 0.4) is 0 Å². The van der Waals surface area contributed by atoms with Crippen LogP contribution in [0.25, 0.3) is 0 Å². The van der Waals surface area contributed by atoms with E-state index in [2.05, 4.69) is 109 Å². The van der Waals surface area contributed by atoms with Gasteiger partial charge in [-0.15, -0.1) is 0 Å². The van der Waals surface area contributed by atoms with E-state index in [9.17, 15) is 10.0 Å². The highest BCUT2D eigenvalue weighted by Gasteiger charge is 2.35. The van der Waals surface area contributed by atoms with Crippen molar-refractivity contribution >= 4 is 7.32 Å². The predicted molar refractivity (Wildman–Crippen MR) is 189 cm³/mol. The first-order valence-corrected chi connectivity index (χ1v) is 17.9. The predicted octanol–water partition coefficient (Wildman–Crippen LogP) is 9.78. The molecule has 1 N–H and O–H groups in total. The van der Waals surface area contributed by atoms with Crippen molar-refractivity contribution < 1.29 is 19.2 Å². The molecule has 0 fully saturated rings. The lowest BCUT2D eigenvalue weighted by Crippen LogP contribution is -2.50. The lowest BCUT2D eigenvalue weighted by Gasteiger charge is -2.39. The second kappa shape index (κ2) is 19.6. The highest BCUT2D eigenvalue weighted by Crippen LogP contribution is 2.45. The summed E-state index contributed by atoms with van der Waals surface area (Å²) in [6, 6.07) is 4.30. The second-order valence-corrected chi connectivity index (χ2v) is 16.1. The Hall–Kier alpha value is -0.875. The van der Waals surface area contributed by atoms with E-state index in [4.69, 9.17) is 4.65 Å². The molecular weight excluding hydrogens is 529 g/mol. The van der Waals surface area contributed by atoms with Gasteiger partial charge in [0.1, 0.15) is 0 Å². The molecule has 4 nitrogen and oxygen atoms in total. The molecule has 43 heavy (non-hydrogen) atoms. The van der Waals surface area contributed by atoms with Gasteiger partial charge in [0, 0.05) is 0 Å². The van der Waals surface area contributed by atoms with E-state index in [0.29, 0.717) is 6.42 Å². The Morgan fingerprint density at radius 1 is 0.651 bits per heavy atom. The van der Waals surface area contributed by atoms with E-state index in [-0.39, 0.29) is 16.2 Å². The van der Waals surface area contributed by atoms with E-state index in [1.54, 1.807) is 0 Å². The third-order valence-electron chi connectivity index (χ3n) is 8.67. The van der Waals surface area contributed by atoms with E-state index >= 15 is 0 Å². The van der Waals surface area contributed by atoms with Gasteiger partial charge in [-0.05, 0) is 70.6 Å². The summed E-state index contributed by atoms with van der Waals surface area (Å²) in [5.41, 5.74) is 4.80. The molecule has 1 aromatic rings. The molecule has 0 spiro atoms. The molecule has 0 radical (unpaired) electrons. The fraction of sp³-hybridized carbons (Fsp3) is 0.842. The van der Waals surface area contributed by atoms with Gasteiger partial charge in [0.2, 0.25) is 0 Å². The van der Waals surface area contributed by atoms with Gasteiger partial charge in [0.15, 0.2) is 0 Å². The van der Waals surface area contributed by atoms with Crippen LogP contribution in [0.15, 0.2) is 12.1 Å².